The van der Waals surface area contributed by atoms with E-state index in [9.17, 15) is 18.0 Å². The van der Waals surface area contributed by atoms with Gasteiger partial charge in [-0.2, -0.15) is 0 Å². The van der Waals surface area contributed by atoms with Crippen LogP contribution in [-0.4, -0.2) is 56.6 Å². The number of amides is 2. The van der Waals surface area contributed by atoms with Crippen LogP contribution in [-0.2, 0) is 26.0 Å². The van der Waals surface area contributed by atoms with Gasteiger partial charge in [0, 0.05) is 12.6 Å². The molecule has 0 spiro atoms. The van der Waals surface area contributed by atoms with Crippen LogP contribution >= 0.6 is 0 Å². The lowest BCUT2D eigenvalue weighted by atomic mass is 10.0. The van der Waals surface area contributed by atoms with Crippen molar-refractivity contribution in [3.8, 4) is 0 Å². The highest BCUT2D eigenvalue weighted by Gasteiger charge is 2.31. The van der Waals surface area contributed by atoms with Crippen LogP contribution in [0.25, 0.3) is 0 Å². The third-order valence-electron chi connectivity index (χ3n) is 6.88. The topological polar surface area (TPSA) is 86.8 Å². The van der Waals surface area contributed by atoms with Gasteiger partial charge in [-0.05, 0) is 55.4 Å². The molecule has 1 saturated carbocycles. The molecule has 0 aliphatic heterocycles. The Balaban J connectivity index is 1.82. The standard InChI is InChI=1S/C28H39N3O4S/c1-21(2)24-14-16-26(17-15-24)31(36(4,34)35)20-27(32)30(19-18-23-10-6-5-7-11-23)22(3)28(33)29-25-12-8-9-13-25/h5-7,10-11,14-17,21-22,25H,8-9,12-13,18-20H2,1-4H3,(H,29,33)/t22-/m1/s1. The van der Waals surface area contributed by atoms with E-state index in [4.69, 9.17) is 0 Å². The fourth-order valence-corrected chi connectivity index (χ4v) is 5.45. The summed E-state index contributed by atoms with van der Waals surface area (Å²) in [6.07, 6.45) is 5.75. The molecule has 36 heavy (non-hydrogen) atoms. The van der Waals surface area contributed by atoms with Crippen LogP contribution in [0.3, 0.4) is 0 Å². The summed E-state index contributed by atoms with van der Waals surface area (Å²) in [4.78, 5) is 28.2. The molecule has 1 atom stereocenters. The van der Waals surface area contributed by atoms with Gasteiger partial charge in [0.2, 0.25) is 21.8 Å². The summed E-state index contributed by atoms with van der Waals surface area (Å²) in [5.74, 6) is -0.297. The summed E-state index contributed by atoms with van der Waals surface area (Å²) < 4.78 is 26.5. The zero-order valence-corrected chi connectivity index (χ0v) is 22.6. The van der Waals surface area contributed by atoms with E-state index in [0.717, 1.165) is 47.4 Å². The molecule has 3 rings (SSSR count). The second kappa shape index (κ2) is 12.4. The largest absolute Gasteiger partial charge is 0.352 e. The quantitative estimate of drug-likeness (QED) is 0.490. The van der Waals surface area contributed by atoms with Crippen molar-refractivity contribution in [2.24, 2.45) is 0 Å². The first-order chi connectivity index (χ1) is 17.1. The molecule has 1 N–H and O–H groups in total. The molecule has 2 amide bonds. The Labute approximate surface area is 215 Å². The summed E-state index contributed by atoms with van der Waals surface area (Å²) in [7, 11) is -3.73. The third-order valence-corrected chi connectivity index (χ3v) is 8.02. The maximum Gasteiger partial charge on any atom is 0.244 e. The molecule has 0 heterocycles. The maximum atomic E-state index is 13.6. The molecular formula is C28H39N3O4S. The molecule has 2 aromatic rings. The lowest BCUT2D eigenvalue weighted by molar-refractivity contribution is -0.139. The van der Waals surface area contributed by atoms with Gasteiger partial charge < -0.3 is 10.2 Å². The van der Waals surface area contributed by atoms with Gasteiger partial charge in [-0.15, -0.1) is 0 Å². The number of hydrogen-bond acceptors (Lipinski definition) is 4. The summed E-state index contributed by atoms with van der Waals surface area (Å²) in [6.45, 7) is 5.79. The number of nitrogens with zero attached hydrogens (tertiary/aromatic N) is 2. The van der Waals surface area contributed by atoms with E-state index < -0.39 is 22.0 Å². The van der Waals surface area contributed by atoms with Crippen LogP contribution in [0.5, 0.6) is 0 Å². The SMILES string of the molecule is CC(C)c1ccc(N(CC(=O)N(CCc2ccccc2)[C@H](C)C(=O)NC2CCCC2)S(C)(=O)=O)cc1. The van der Waals surface area contributed by atoms with Crippen molar-refractivity contribution in [3.05, 3.63) is 65.7 Å². The van der Waals surface area contributed by atoms with Gasteiger partial charge in [0.25, 0.3) is 0 Å². The first-order valence-corrected chi connectivity index (χ1v) is 14.6. The van der Waals surface area contributed by atoms with Crippen molar-refractivity contribution < 1.29 is 18.0 Å². The number of carbonyl (C=O) groups excluding carboxylic acids is 2. The molecule has 0 saturated heterocycles. The Morgan fingerprint density at radius 3 is 2.14 bits per heavy atom. The van der Waals surface area contributed by atoms with Gasteiger partial charge in [0.15, 0.2) is 0 Å². The van der Waals surface area contributed by atoms with Crippen molar-refractivity contribution >= 4 is 27.5 Å². The predicted octanol–water partition coefficient (Wildman–Crippen LogP) is 4.09. The molecule has 8 heteroatoms. The van der Waals surface area contributed by atoms with Crippen LogP contribution < -0.4 is 9.62 Å². The molecule has 1 fully saturated rings. The Hall–Kier alpha value is -2.87. The molecule has 7 nitrogen and oxygen atoms in total. The number of nitrogens with one attached hydrogen (secondary N) is 1. The van der Waals surface area contributed by atoms with E-state index in [1.807, 2.05) is 42.5 Å². The fourth-order valence-electron chi connectivity index (χ4n) is 4.60. The molecule has 0 radical (unpaired) electrons. The van der Waals surface area contributed by atoms with Crippen LogP contribution in [0.15, 0.2) is 54.6 Å². The molecule has 1 aliphatic rings. The lowest BCUT2D eigenvalue weighted by Gasteiger charge is -2.32. The van der Waals surface area contributed by atoms with Crippen LogP contribution in [0, 0.1) is 0 Å². The first kappa shape index (κ1) is 27.7. The molecule has 196 valence electrons. The molecule has 0 bridgehead atoms. The van der Waals surface area contributed by atoms with Gasteiger partial charge in [-0.1, -0.05) is 69.2 Å². The molecule has 0 unspecified atom stereocenters. The lowest BCUT2D eigenvalue weighted by Crippen LogP contribution is -2.53. The van der Waals surface area contributed by atoms with Gasteiger partial charge in [0.1, 0.15) is 12.6 Å². The smallest absolute Gasteiger partial charge is 0.244 e. The summed E-state index contributed by atoms with van der Waals surface area (Å²) in [6, 6.07) is 16.4. The van der Waals surface area contributed by atoms with E-state index >= 15 is 0 Å². The van der Waals surface area contributed by atoms with E-state index in [-0.39, 0.29) is 18.5 Å². The predicted molar refractivity (Wildman–Crippen MR) is 144 cm³/mol. The zero-order valence-electron chi connectivity index (χ0n) is 21.8. The number of carbonyl (C=O) groups is 2. The minimum atomic E-state index is -3.73. The minimum absolute atomic E-state index is 0.137. The molecular weight excluding hydrogens is 474 g/mol. The van der Waals surface area contributed by atoms with Crippen molar-refractivity contribution in [3.63, 3.8) is 0 Å². The number of benzene rings is 2. The number of sulfonamides is 1. The Morgan fingerprint density at radius 1 is 0.972 bits per heavy atom. The zero-order chi connectivity index (χ0) is 26.3. The van der Waals surface area contributed by atoms with Crippen LogP contribution in [0.4, 0.5) is 5.69 Å². The summed E-state index contributed by atoms with van der Waals surface area (Å²) in [5, 5.41) is 3.08. The highest BCUT2D eigenvalue weighted by Crippen LogP contribution is 2.23. The maximum absolute atomic E-state index is 13.6. The van der Waals surface area contributed by atoms with E-state index in [2.05, 4.69) is 19.2 Å². The third kappa shape index (κ3) is 7.56. The highest BCUT2D eigenvalue weighted by atomic mass is 32.2. The van der Waals surface area contributed by atoms with Gasteiger partial charge in [-0.3, -0.25) is 13.9 Å². The number of hydrogen-bond donors (Lipinski definition) is 1. The summed E-state index contributed by atoms with van der Waals surface area (Å²) in [5.41, 5.74) is 2.56. The highest BCUT2D eigenvalue weighted by molar-refractivity contribution is 7.92. The van der Waals surface area contributed by atoms with Crippen molar-refractivity contribution in [2.45, 2.75) is 70.9 Å². The van der Waals surface area contributed by atoms with Gasteiger partial charge in [0.05, 0.1) is 11.9 Å². The second-order valence-electron chi connectivity index (χ2n) is 10.0. The van der Waals surface area contributed by atoms with Crippen molar-refractivity contribution in [1.29, 1.82) is 0 Å². The Bertz CT molecular complexity index is 1110. The Morgan fingerprint density at radius 2 is 1.58 bits per heavy atom. The van der Waals surface area contributed by atoms with Crippen LogP contribution in [0.1, 0.15) is 63.5 Å². The minimum Gasteiger partial charge on any atom is -0.352 e. The first-order valence-electron chi connectivity index (χ1n) is 12.8. The van der Waals surface area contributed by atoms with Gasteiger partial charge in [-0.25, -0.2) is 8.42 Å². The van der Waals surface area contributed by atoms with Crippen molar-refractivity contribution in [2.75, 3.05) is 23.7 Å². The summed E-state index contributed by atoms with van der Waals surface area (Å²) >= 11 is 0. The average Bonchev–Trinajstić information content (AvgIpc) is 3.35. The van der Waals surface area contributed by atoms with E-state index in [1.54, 1.807) is 19.1 Å². The van der Waals surface area contributed by atoms with E-state index in [0.29, 0.717) is 24.6 Å². The Kier molecular flexibility index (Phi) is 9.54. The van der Waals surface area contributed by atoms with Crippen LogP contribution in [0.2, 0.25) is 0 Å². The van der Waals surface area contributed by atoms with Gasteiger partial charge >= 0.3 is 0 Å². The van der Waals surface area contributed by atoms with Crippen molar-refractivity contribution in [1.82, 2.24) is 10.2 Å². The second-order valence-corrected chi connectivity index (χ2v) is 11.9. The molecule has 1 aliphatic carbocycles. The number of anilines is 1. The molecule has 2 aromatic carbocycles. The fraction of sp³-hybridized carbons (Fsp3) is 0.500. The average molecular weight is 514 g/mol. The monoisotopic (exact) mass is 513 g/mol. The molecule has 0 aromatic heterocycles. The van der Waals surface area contributed by atoms with E-state index in [1.165, 1.54) is 4.90 Å². The number of rotatable bonds is 11. The normalized spacial score (nSPS) is 15.0.